The van der Waals surface area contributed by atoms with Gasteiger partial charge in [0.15, 0.2) is 0 Å². The molecule has 2 rings (SSSR count). The highest BCUT2D eigenvalue weighted by Gasteiger charge is 2.22. The molecule has 1 atom stereocenters. The maximum absolute atomic E-state index is 12.1. The van der Waals surface area contributed by atoms with Crippen LogP contribution in [0.3, 0.4) is 0 Å². The summed E-state index contributed by atoms with van der Waals surface area (Å²) < 4.78 is 0.979. The van der Waals surface area contributed by atoms with E-state index in [9.17, 15) is 9.59 Å². The maximum atomic E-state index is 12.1. The van der Waals surface area contributed by atoms with Crippen molar-refractivity contribution >= 4 is 27.9 Å². The fourth-order valence-corrected chi connectivity index (χ4v) is 3.41. The molecule has 126 valence electrons. The van der Waals surface area contributed by atoms with Crippen molar-refractivity contribution in [1.29, 1.82) is 0 Å². The summed E-state index contributed by atoms with van der Waals surface area (Å²) in [6.07, 6.45) is 1.65. The van der Waals surface area contributed by atoms with Gasteiger partial charge in [0.2, 0.25) is 5.91 Å². The molecule has 1 fully saturated rings. The molecule has 1 unspecified atom stereocenters. The topological polar surface area (TPSA) is 87.5 Å². The quantitative estimate of drug-likeness (QED) is 0.724. The van der Waals surface area contributed by atoms with Crippen molar-refractivity contribution in [3.05, 3.63) is 34.3 Å². The number of urea groups is 1. The van der Waals surface area contributed by atoms with Crippen molar-refractivity contribution in [2.24, 2.45) is 5.73 Å². The number of nitrogens with one attached hydrogen (secondary N) is 2. The van der Waals surface area contributed by atoms with Crippen LogP contribution in [-0.4, -0.2) is 42.5 Å². The SMILES string of the molecule is CC(NC(=O)NC1CCN(CC(N)=O)CC1)c1ccccc1Br. The summed E-state index contributed by atoms with van der Waals surface area (Å²) in [6.45, 7) is 3.79. The summed E-state index contributed by atoms with van der Waals surface area (Å²) in [5.74, 6) is -0.309. The van der Waals surface area contributed by atoms with Crippen molar-refractivity contribution in [2.75, 3.05) is 19.6 Å². The van der Waals surface area contributed by atoms with Gasteiger partial charge in [-0.15, -0.1) is 0 Å². The largest absolute Gasteiger partial charge is 0.369 e. The molecule has 1 saturated heterocycles. The van der Waals surface area contributed by atoms with Crippen LogP contribution < -0.4 is 16.4 Å². The third kappa shape index (κ3) is 5.51. The number of piperidine rings is 1. The number of rotatable bonds is 5. The van der Waals surface area contributed by atoms with E-state index in [4.69, 9.17) is 5.73 Å². The molecule has 1 aromatic carbocycles. The predicted octanol–water partition coefficient (Wildman–Crippen LogP) is 1.76. The molecule has 4 N–H and O–H groups in total. The van der Waals surface area contributed by atoms with Gasteiger partial charge in [0.1, 0.15) is 0 Å². The first-order valence-electron chi connectivity index (χ1n) is 7.78. The lowest BCUT2D eigenvalue weighted by Crippen LogP contribution is -2.49. The van der Waals surface area contributed by atoms with Gasteiger partial charge >= 0.3 is 6.03 Å². The minimum atomic E-state index is -0.309. The Morgan fingerprint density at radius 3 is 2.61 bits per heavy atom. The summed E-state index contributed by atoms with van der Waals surface area (Å²) in [7, 11) is 0. The first-order chi connectivity index (χ1) is 11.0. The zero-order valence-electron chi connectivity index (χ0n) is 13.2. The lowest BCUT2D eigenvalue weighted by molar-refractivity contribution is -0.119. The molecule has 1 heterocycles. The Balaban J connectivity index is 1.77. The van der Waals surface area contributed by atoms with Gasteiger partial charge in [-0.1, -0.05) is 34.1 Å². The summed E-state index contributed by atoms with van der Waals surface area (Å²) in [6, 6.07) is 7.72. The van der Waals surface area contributed by atoms with Crippen LogP contribution in [0.5, 0.6) is 0 Å². The van der Waals surface area contributed by atoms with Gasteiger partial charge in [-0.3, -0.25) is 9.69 Å². The van der Waals surface area contributed by atoms with Gasteiger partial charge in [0, 0.05) is 23.6 Å². The van der Waals surface area contributed by atoms with Crippen molar-refractivity contribution < 1.29 is 9.59 Å². The highest BCUT2D eigenvalue weighted by Crippen LogP contribution is 2.22. The predicted molar refractivity (Wildman–Crippen MR) is 92.9 cm³/mol. The second-order valence-electron chi connectivity index (χ2n) is 5.88. The molecule has 0 bridgehead atoms. The number of carbonyl (C=O) groups excluding carboxylic acids is 2. The molecule has 1 aliphatic rings. The molecule has 0 aliphatic carbocycles. The van der Waals surface area contributed by atoms with E-state index in [1.165, 1.54) is 0 Å². The Morgan fingerprint density at radius 1 is 1.35 bits per heavy atom. The standard InChI is InChI=1S/C16H23BrN4O2/c1-11(13-4-2-3-5-14(13)17)19-16(23)20-12-6-8-21(9-7-12)10-15(18)22/h2-5,11-12H,6-10H2,1H3,(H2,18,22)(H2,19,20,23). The highest BCUT2D eigenvalue weighted by molar-refractivity contribution is 9.10. The second-order valence-corrected chi connectivity index (χ2v) is 6.73. The zero-order valence-corrected chi connectivity index (χ0v) is 14.8. The fourth-order valence-electron chi connectivity index (χ4n) is 2.78. The van der Waals surface area contributed by atoms with E-state index in [1.807, 2.05) is 36.1 Å². The number of benzene rings is 1. The van der Waals surface area contributed by atoms with E-state index < -0.39 is 0 Å². The molecule has 3 amide bonds. The molecule has 0 spiro atoms. The number of hydrogen-bond donors (Lipinski definition) is 3. The first-order valence-corrected chi connectivity index (χ1v) is 8.57. The lowest BCUT2D eigenvalue weighted by atomic mass is 10.1. The normalized spacial score (nSPS) is 17.5. The van der Waals surface area contributed by atoms with Crippen molar-refractivity contribution in [1.82, 2.24) is 15.5 Å². The van der Waals surface area contributed by atoms with Gasteiger partial charge in [-0.2, -0.15) is 0 Å². The number of likely N-dealkylation sites (tertiary alicyclic amines) is 1. The molecule has 6 nitrogen and oxygen atoms in total. The molecule has 0 saturated carbocycles. The van der Waals surface area contributed by atoms with Crippen LogP contribution in [0.2, 0.25) is 0 Å². The summed E-state index contributed by atoms with van der Waals surface area (Å²) >= 11 is 3.50. The number of halogens is 1. The van der Waals surface area contributed by atoms with Crippen molar-refractivity contribution in [3.8, 4) is 0 Å². The maximum Gasteiger partial charge on any atom is 0.315 e. The Bertz CT molecular complexity index is 559. The Hall–Kier alpha value is -1.60. The average molecular weight is 383 g/mol. The monoisotopic (exact) mass is 382 g/mol. The Morgan fingerprint density at radius 2 is 2.00 bits per heavy atom. The van der Waals surface area contributed by atoms with Gasteiger partial charge in [-0.05, 0) is 31.4 Å². The Labute approximate surface area is 144 Å². The molecular weight excluding hydrogens is 360 g/mol. The van der Waals surface area contributed by atoms with E-state index >= 15 is 0 Å². The molecule has 0 aromatic heterocycles. The fraction of sp³-hybridized carbons (Fsp3) is 0.500. The molecule has 1 aliphatic heterocycles. The highest BCUT2D eigenvalue weighted by atomic mass is 79.9. The number of primary amides is 1. The summed E-state index contributed by atoms with van der Waals surface area (Å²) in [4.78, 5) is 25.1. The third-order valence-corrected chi connectivity index (χ3v) is 4.74. The van der Waals surface area contributed by atoms with Gasteiger partial charge in [0.25, 0.3) is 0 Å². The van der Waals surface area contributed by atoms with Gasteiger partial charge in [-0.25, -0.2) is 4.79 Å². The van der Waals surface area contributed by atoms with Gasteiger partial charge in [0.05, 0.1) is 12.6 Å². The number of nitrogens with two attached hydrogens (primary N) is 1. The van der Waals surface area contributed by atoms with E-state index in [-0.39, 0.29) is 30.6 Å². The number of nitrogens with zero attached hydrogens (tertiary/aromatic N) is 1. The zero-order chi connectivity index (χ0) is 16.8. The number of amides is 3. The minimum absolute atomic E-state index is 0.0828. The van der Waals surface area contributed by atoms with Crippen LogP contribution in [0.15, 0.2) is 28.7 Å². The lowest BCUT2D eigenvalue weighted by Gasteiger charge is -2.31. The number of hydrogen-bond acceptors (Lipinski definition) is 3. The van der Waals surface area contributed by atoms with Crippen LogP contribution >= 0.6 is 15.9 Å². The van der Waals surface area contributed by atoms with Crippen LogP contribution in [0.1, 0.15) is 31.4 Å². The van der Waals surface area contributed by atoms with Crippen LogP contribution in [0, 0.1) is 0 Å². The molecule has 1 aromatic rings. The van der Waals surface area contributed by atoms with Gasteiger partial charge < -0.3 is 16.4 Å². The van der Waals surface area contributed by atoms with Crippen LogP contribution in [0.4, 0.5) is 4.79 Å². The average Bonchev–Trinajstić information content (AvgIpc) is 2.49. The third-order valence-electron chi connectivity index (χ3n) is 4.02. The summed E-state index contributed by atoms with van der Waals surface area (Å²) in [5.41, 5.74) is 6.24. The second kappa shape index (κ2) is 8.31. The molecule has 23 heavy (non-hydrogen) atoms. The van der Waals surface area contributed by atoms with E-state index in [2.05, 4.69) is 26.6 Å². The minimum Gasteiger partial charge on any atom is -0.369 e. The smallest absolute Gasteiger partial charge is 0.315 e. The van der Waals surface area contributed by atoms with E-state index in [0.717, 1.165) is 36.0 Å². The first kappa shape index (κ1) is 17.7. The van der Waals surface area contributed by atoms with E-state index in [1.54, 1.807) is 0 Å². The molecular formula is C16H23BrN4O2. The molecule has 0 radical (unpaired) electrons. The summed E-state index contributed by atoms with van der Waals surface area (Å²) in [5, 5.41) is 5.96. The van der Waals surface area contributed by atoms with Crippen molar-refractivity contribution in [2.45, 2.75) is 31.8 Å². The van der Waals surface area contributed by atoms with Crippen LogP contribution in [0.25, 0.3) is 0 Å². The van der Waals surface area contributed by atoms with E-state index in [0.29, 0.717) is 0 Å². The number of carbonyl (C=O) groups is 2. The van der Waals surface area contributed by atoms with Crippen molar-refractivity contribution in [3.63, 3.8) is 0 Å². The van der Waals surface area contributed by atoms with Crippen LogP contribution in [-0.2, 0) is 4.79 Å². The molecule has 7 heteroatoms. The Kier molecular flexibility index (Phi) is 6.41.